The van der Waals surface area contributed by atoms with E-state index in [1.54, 1.807) is 20.8 Å². The summed E-state index contributed by atoms with van der Waals surface area (Å²) in [4.78, 5) is 28.8. The fourth-order valence-corrected chi connectivity index (χ4v) is 4.79. The number of aryl methyl sites for hydroxylation is 1. The van der Waals surface area contributed by atoms with E-state index in [0.717, 1.165) is 10.5 Å². The Kier molecular flexibility index (Phi) is 6.02. The van der Waals surface area contributed by atoms with Gasteiger partial charge in [0.1, 0.15) is 27.2 Å². The number of fused-ring (bicyclic) bond motifs is 1. The van der Waals surface area contributed by atoms with Crippen LogP contribution in [0.4, 0.5) is 18.9 Å². The Morgan fingerprint density at radius 2 is 2.03 bits per heavy atom. The molecule has 0 bridgehead atoms. The molecule has 1 atom stereocenters. The molecule has 178 valence electrons. The second kappa shape index (κ2) is 8.55. The van der Waals surface area contributed by atoms with Crippen molar-refractivity contribution in [2.75, 3.05) is 5.32 Å². The lowest BCUT2D eigenvalue weighted by Crippen LogP contribution is -2.26. The summed E-state index contributed by atoms with van der Waals surface area (Å²) in [5.74, 6) is -1.36. The van der Waals surface area contributed by atoms with E-state index in [2.05, 4.69) is 31.3 Å². The van der Waals surface area contributed by atoms with Crippen molar-refractivity contribution in [1.82, 2.24) is 14.8 Å². The maximum atomic E-state index is 13.5. The first-order valence-electron chi connectivity index (χ1n) is 9.80. The summed E-state index contributed by atoms with van der Waals surface area (Å²) < 4.78 is 48.1. The van der Waals surface area contributed by atoms with Crippen LogP contribution in [-0.4, -0.2) is 26.6 Å². The van der Waals surface area contributed by atoms with Gasteiger partial charge < -0.3 is 15.5 Å². The van der Waals surface area contributed by atoms with Gasteiger partial charge in [-0.3, -0.25) is 14.3 Å². The Morgan fingerprint density at radius 1 is 1.32 bits per heavy atom. The molecule has 34 heavy (non-hydrogen) atoms. The van der Waals surface area contributed by atoms with Gasteiger partial charge in [-0.1, -0.05) is 0 Å². The van der Waals surface area contributed by atoms with Gasteiger partial charge in [-0.15, -0.1) is 11.3 Å². The van der Waals surface area contributed by atoms with Gasteiger partial charge in [0.25, 0.3) is 5.91 Å². The summed E-state index contributed by atoms with van der Waals surface area (Å²) in [5, 5.41) is 7.13. The second-order valence-corrected chi connectivity index (χ2v) is 9.27. The van der Waals surface area contributed by atoms with Crippen LogP contribution in [0.1, 0.15) is 39.7 Å². The fraction of sp³-hybridized carbons (Fsp3) is 0.238. The smallest absolute Gasteiger partial charge is 0.433 e. The number of nitrogens with zero attached hydrogens (tertiary/aromatic N) is 3. The molecule has 4 heterocycles. The number of rotatable bonds is 5. The molecule has 3 N–H and O–H groups in total. The molecule has 13 heteroatoms. The number of alkyl halides is 3. The van der Waals surface area contributed by atoms with Crippen LogP contribution in [0, 0.1) is 13.8 Å². The van der Waals surface area contributed by atoms with Gasteiger partial charge in [0.05, 0.1) is 27.8 Å². The quantitative estimate of drug-likeness (QED) is 0.339. The predicted octanol–water partition coefficient (Wildman–Crippen LogP) is 5.45. The molecule has 8 nitrogen and oxygen atoms in total. The maximum Gasteiger partial charge on any atom is 0.433 e. The first kappa shape index (κ1) is 24.0. The highest BCUT2D eigenvalue weighted by atomic mass is 79.9. The number of hydrogen-bond donors (Lipinski definition) is 2. The normalized spacial score (nSPS) is 12.8. The Hall–Kier alpha value is -3.19. The number of amides is 2. The van der Waals surface area contributed by atoms with Crippen molar-refractivity contribution < 1.29 is 27.2 Å². The minimum Gasteiger partial charge on any atom is -0.464 e. The molecule has 0 spiro atoms. The van der Waals surface area contributed by atoms with Crippen LogP contribution in [0.15, 0.2) is 33.4 Å². The van der Waals surface area contributed by atoms with Crippen LogP contribution in [0.3, 0.4) is 0 Å². The zero-order valence-electron chi connectivity index (χ0n) is 18.0. The molecular weight excluding hydrogens is 539 g/mol. The van der Waals surface area contributed by atoms with E-state index in [9.17, 15) is 22.8 Å². The Morgan fingerprint density at radius 3 is 2.56 bits per heavy atom. The molecule has 0 aliphatic carbocycles. The van der Waals surface area contributed by atoms with Gasteiger partial charge in [-0.05, 0) is 54.9 Å². The lowest BCUT2D eigenvalue weighted by atomic mass is 10.1. The van der Waals surface area contributed by atoms with E-state index in [-0.39, 0.29) is 32.1 Å². The molecule has 0 aliphatic rings. The van der Waals surface area contributed by atoms with E-state index in [1.807, 2.05) is 0 Å². The highest BCUT2D eigenvalue weighted by Gasteiger charge is 2.35. The molecular formula is C21H17BrF3N5O3S. The minimum atomic E-state index is -4.74. The van der Waals surface area contributed by atoms with E-state index in [1.165, 1.54) is 23.1 Å². The van der Waals surface area contributed by atoms with Gasteiger partial charge in [-0.2, -0.15) is 18.3 Å². The number of thiophene rings is 1. The van der Waals surface area contributed by atoms with Crippen molar-refractivity contribution in [3.05, 3.63) is 50.9 Å². The third-order valence-electron chi connectivity index (χ3n) is 5.19. The molecule has 4 aromatic heterocycles. The van der Waals surface area contributed by atoms with E-state index < -0.39 is 29.7 Å². The zero-order chi connectivity index (χ0) is 24.9. The highest BCUT2D eigenvalue weighted by Crippen LogP contribution is 2.44. The van der Waals surface area contributed by atoms with E-state index >= 15 is 0 Å². The Balaban J connectivity index is 1.89. The van der Waals surface area contributed by atoms with E-state index in [0.29, 0.717) is 22.7 Å². The molecule has 2 amide bonds. The molecule has 0 fully saturated rings. The van der Waals surface area contributed by atoms with Crippen molar-refractivity contribution in [2.45, 2.75) is 33.0 Å². The van der Waals surface area contributed by atoms with Crippen LogP contribution in [0.5, 0.6) is 0 Å². The Bertz CT molecular complexity index is 1430. The summed E-state index contributed by atoms with van der Waals surface area (Å²) in [6, 6.07) is 2.99. The third-order valence-corrected chi connectivity index (χ3v) is 7.44. The van der Waals surface area contributed by atoms with Crippen LogP contribution in [0.25, 0.3) is 21.5 Å². The van der Waals surface area contributed by atoms with Crippen molar-refractivity contribution in [3.63, 3.8) is 0 Å². The second-order valence-electron chi connectivity index (χ2n) is 7.48. The standard InChI is InChI=1S/C21H17BrF3N5O3S/c1-8-15(22)9(2)30(29-8)10(3)19(32)28-16-14-11(12-5-4-6-33-12)7-13(21(23,24)25)27-20(14)34-17(16)18(26)31/h4-7,10H,1-3H3,(H2,26,31)(H,28,32). The summed E-state index contributed by atoms with van der Waals surface area (Å²) >= 11 is 4.07. The number of primary amides is 1. The number of nitrogens with two attached hydrogens (primary N) is 1. The fourth-order valence-electron chi connectivity index (χ4n) is 3.52. The highest BCUT2D eigenvalue weighted by molar-refractivity contribution is 9.10. The molecule has 0 aliphatic heterocycles. The van der Waals surface area contributed by atoms with Crippen molar-refractivity contribution >= 4 is 55.0 Å². The van der Waals surface area contributed by atoms with Crippen LogP contribution in [-0.2, 0) is 11.0 Å². The first-order valence-corrected chi connectivity index (χ1v) is 11.4. The van der Waals surface area contributed by atoms with Gasteiger partial charge >= 0.3 is 6.18 Å². The molecule has 4 aromatic rings. The minimum absolute atomic E-state index is 0.0166. The number of pyridine rings is 1. The monoisotopic (exact) mass is 555 g/mol. The zero-order valence-corrected chi connectivity index (χ0v) is 20.4. The number of carbonyl (C=O) groups is 2. The number of anilines is 1. The lowest BCUT2D eigenvalue weighted by Gasteiger charge is -2.16. The SMILES string of the molecule is Cc1nn(C(C)C(=O)Nc2c(C(N)=O)sc3nc(C(F)(F)F)cc(-c4ccco4)c23)c(C)c1Br. The van der Waals surface area contributed by atoms with Crippen LogP contribution >= 0.6 is 27.3 Å². The Labute approximate surface area is 203 Å². The number of hydrogen-bond acceptors (Lipinski definition) is 6. The lowest BCUT2D eigenvalue weighted by molar-refractivity contribution is -0.140. The van der Waals surface area contributed by atoms with Gasteiger partial charge in [-0.25, -0.2) is 4.98 Å². The molecule has 4 rings (SSSR count). The van der Waals surface area contributed by atoms with Crippen LogP contribution < -0.4 is 11.1 Å². The van der Waals surface area contributed by atoms with Crippen molar-refractivity contribution in [1.29, 1.82) is 0 Å². The number of furan rings is 1. The van der Waals surface area contributed by atoms with Gasteiger partial charge in [0.2, 0.25) is 5.91 Å². The van der Waals surface area contributed by atoms with Crippen LogP contribution in [0.2, 0.25) is 0 Å². The number of carbonyl (C=O) groups excluding carboxylic acids is 2. The third kappa shape index (κ3) is 4.09. The average Bonchev–Trinajstić information content (AvgIpc) is 3.48. The van der Waals surface area contributed by atoms with Crippen molar-refractivity contribution in [2.24, 2.45) is 5.73 Å². The topological polar surface area (TPSA) is 116 Å². The largest absolute Gasteiger partial charge is 0.464 e. The molecule has 0 aromatic carbocycles. The van der Waals surface area contributed by atoms with Gasteiger partial charge in [0, 0.05) is 10.9 Å². The number of aromatic nitrogens is 3. The summed E-state index contributed by atoms with van der Waals surface area (Å²) in [5.41, 5.74) is 5.71. The van der Waals surface area contributed by atoms with Gasteiger partial charge in [0.15, 0.2) is 0 Å². The molecule has 0 radical (unpaired) electrons. The number of halogens is 4. The molecule has 0 saturated carbocycles. The summed E-state index contributed by atoms with van der Waals surface area (Å²) in [6.45, 7) is 5.16. The van der Waals surface area contributed by atoms with E-state index in [4.69, 9.17) is 10.2 Å². The average molecular weight is 556 g/mol. The predicted molar refractivity (Wildman–Crippen MR) is 124 cm³/mol. The molecule has 1 unspecified atom stereocenters. The molecule has 0 saturated heterocycles. The number of nitrogens with one attached hydrogen (secondary N) is 1. The first-order chi connectivity index (χ1) is 15.9. The summed E-state index contributed by atoms with van der Waals surface area (Å²) in [7, 11) is 0. The van der Waals surface area contributed by atoms with Crippen molar-refractivity contribution in [3.8, 4) is 11.3 Å². The maximum absolute atomic E-state index is 13.5. The summed E-state index contributed by atoms with van der Waals surface area (Å²) in [6.07, 6.45) is -3.44.